The lowest BCUT2D eigenvalue weighted by atomic mass is 10.0. The van der Waals surface area contributed by atoms with Crippen LogP contribution < -0.4 is 11.1 Å². The number of nitrogens with two attached hydrogens (primary N) is 1. The Labute approximate surface area is 112 Å². The van der Waals surface area contributed by atoms with E-state index in [1.807, 2.05) is 24.3 Å². The molecule has 1 aliphatic rings. The van der Waals surface area contributed by atoms with Crippen molar-refractivity contribution in [2.45, 2.75) is 25.3 Å². The summed E-state index contributed by atoms with van der Waals surface area (Å²) >= 11 is 0. The van der Waals surface area contributed by atoms with Crippen LogP contribution in [0.1, 0.15) is 19.3 Å². The first-order chi connectivity index (χ1) is 9.29. The van der Waals surface area contributed by atoms with Crippen LogP contribution in [0.2, 0.25) is 0 Å². The molecule has 19 heavy (non-hydrogen) atoms. The SMILES string of the molecule is Nc1c(NC2CCCC2CO)ccc2ncccc12. The largest absolute Gasteiger partial charge is 0.397 e. The van der Waals surface area contributed by atoms with E-state index in [-0.39, 0.29) is 6.61 Å². The lowest BCUT2D eigenvalue weighted by Gasteiger charge is -2.21. The quantitative estimate of drug-likeness (QED) is 0.738. The summed E-state index contributed by atoms with van der Waals surface area (Å²) in [4.78, 5) is 4.30. The lowest BCUT2D eigenvalue weighted by molar-refractivity contribution is 0.222. The molecule has 1 fully saturated rings. The molecule has 3 rings (SSSR count). The first kappa shape index (κ1) is 12.2. The molecule has 2 aromatic rings. The normalized spacial score (nSPS) is 22.8. The summed E-state index contributed by atoms with van der Waals surface area (Å²) in [6, 6.07) is 8.17. The van der Waals surface area contributed by atoms with Crippen LogP contribution in [0.4, 0.5) is 11.4 Å². The van der Waals surface area contributed by atoms with Gasteiger partial charge in [-0.05, 0) is 37.1 Å². The first-order valence-electron chi connectivity index (χ1n) is 6.80. The van der Waals surface area contributed by atoms with Gasteiger partial charge in [0.1, 0.15) is 0 Å². The molecule has 1 heterocycles. The molecule has 4 heteroatoms. The van der Waals surface area contributed by atoms with Crippen molar-refractivity contribution in [1.29, 1.82) is 0 Å². The van der Waals surface area contributed by atoms with Crippen molar-refractivity contribution in [2.24, 2.45) is 5.92 Å². The highest BCUT2D eigenvalue weighted by molar-refractivity contribution is 5.96. The molecule has 0 amide bonds. The first-order valence-corrected chi connectivity index (χ1v) is 6.80. The minimum absolute atomic E-state index is 0.243. The highest BCUT2D eigenvalue weighted by atomic mass is 16.3. The Bertz CT molecular complexity index is 585. The van der Waals surface area contributed by atoms with Crippen LogP contribution in [-0.2, 0) is 0 Å². The fraction of sp³-hybridized carbons (Fsp3) is 0.400. The molecule has 0 saturated heterocycles. The molecular weight excluding hydrogens is 238 g/mol. The summed E-state index contributed by atoms with van der Waals surface area (Å²) in [5.41, 5.74) is 8.83. The molecule has 1 aromatic carbocycles. The van der Waals surface area contributed by atoms with Crippen LogP contribution in [0.5, 0.6) is 0 Å². The van der Waals surface area contributed by atoms with E-state index in [1.165, 1.54) is 0 Å². The topological polar surface area (TPSA) is 71.2 Å². The van der Waals surface area contributed by atoms with Gasteiger partial charge in [0.2, 0.25) is 0 Å². The minimum Gasteiger partial charge on any atom is -0.397 e. The van der Waals surface area contributed by atoms with E-state index in [0.717, 1.165) is 41.5 Å². The third-order valence-corrected chi connectivity index (χ3v) is 4.06. The number of aromatic nitrogens is 1. The zero-order chi connectivity index (χ0) is 13.2. The number of pyridine rings is 1. The van der Waals surface area contributed by atoms with Gasteiger partial charge in [-0.25, -0.2) is 0 Å². The molecule has 1 aromatic heterocycles. The molecule has 4 nitrogen and oxygen atoms in total. The van der Waals surface area contributed by atoms with Gasteiger partial charge in [-0.1, -0.05) is 6.42 Å². The van der Waals surface area contributed by atoms with Gasteiger partial charge in [-0.3, -0.25) is 4.98 Å². The maximum absolute atomic E-state index is 9.37. The lowest BCUT2D eigenvalue weighted by Crippen LogP contribution is -2.26. The van der Waals surface area contributed by atoms with E-state index in [9.17, 15) is 5.11 Å². The smallest absolute Gasteiger partial charge is 0.0724 e. The van der Waals surface area contributed by atoms with Crippen LogP contribution in [-0.4, -0.2) is 22.7 Å². The number of hydrogen-bond donors (Lipinski definition) is 3. The van der Waals surface area contributed by atoms with Gasteiger partial charge in [0, 0.05) is 30.1 Å². The molecule has 0 aliphatic heterocycles. The maximum atomic E-state index is 9.37. The summed E-state index contributed by atoms with van der Waals surface area (Å²) in [6.45, 7) is 0.243. The van der Waals surface area contributed by atoms with Crippen molar-refractivity contribution in [3.8, 4) is 0 Å². The second kappa shape index (κ2) is 5.05. The Morgan fingerprint density at radius 1 is 1.32 bits per heavy atom. The van der Waals surface area contributed by atoms with Crippen LogP contribution in [0.3, 0.4) is 0 Å². The van der Waals surface area contributed by atoms with Crippen molar-refractivity contribution in [3.05, 3.63) is 30.5 Å². The van der Waals surface area contributed by atoms with Crippen LogP contribution in [0, 0.1) is 5.92 Å². The number of hydrogen-bond acceptors (Lipinski definition) is 4. The van der Waals surface area contributed by atoms with E-state index in [0.29, 0.717) is 12.0 Å². The van der Waals surface area contributed by atoms with E-state index in [4.69, 9.17) is 5.73 Å². The van der Waals surface area contributed by atoms with Gasteiger partial charge in [0.25, 0.3) is 0 Å². The van der Waals surface area contributed by atoms with Gasteiger partial charge in [0.05, 0.1) is 16.9 Å². The predicted octanol–water partition coefficient (Wildman–Crippen LogP) is 2.39. The van der Waals surface area contributed by atoms with Crippen molar-refractivity contribution in [2.75, 3.05) is 17.7 Å². The summed E-state index contributed by atoms with van der Waals surface area (Å²) in [5.74, 6) is 0.337. The Balaban J connectivity index is 1.91. The Morgan fingerprint density at radius 3 is 3.05 bits per heavy atom. The van der Waals surface area contributed by atoms with Gasteiger partial charge < -0.3 is 16.2 Å². The minimum atomic E-state index is 0.243. The second-order valence-corrected chi connectivity index (χ2v) is 5.22. The number of aliphatic hydroxyl groups excluding tert-OH is 1. The predicted molar refractivity (Wildman–Crippen MR) is 78.0 cm³/mol. The van der Waals surface area contributed by atoms with Crippen molar-refractivity contribution in [1.82, 2.24) is 4.98 Å². The third kappa shape index (κ3) is 2.24. The monoisotopic (exact) mass is 257 g/mol. The number of fused-ring (bicyclic) bond motifs is 1. The molecule has 1 aliphatic carbocycles. The Hall–Kier alpha value is -1.81. The maximum Gasteiger partial charge on any atom is 0.0724 e. The number of nitrogens with one attached hydrogen (secondary N) is 1. The van der Waals surface area contributed by atoms with E-state index < -0.39 is 0 Å². The average molecular weight is 257 g/mol. The molecule has 1 saturated carbocycles. The Kier molecular flexibility index (Phi) is 3.25. The molecule has 0 radical (unpaired) electrons. The zero-order valence-electron chi connectivity index (χ0n) is 10.8. The molecule has 0 spiro atoms. The molecule has 2 unspecified atom stereocenters. The highest BCUT2D eigenvalue weighted by Gasteiger charge is 2.26. The average Bonchev–Trinajstić information content (AvgIpc) is 2.89. The zero-order valence-corrected chi connectivity index (χ0v) is 10.8. The summed E-state index contributed by atoms with van der Waals surface area (Å²) in [7, 11) is 0. The fourth-order valence-corrected chi connectivity index (χ4v) is 2.95. The van der Waals surface area contributed by atoms with Gasteiger partial charge in [-0.15, -0.1) is 0 Å². The molecule has 0 bridgehead atoms. The molecule has 4 N–H and O–H groups in total. The second-order valence-electron chi connectivity index (χ2n) is 5.22. The summed E-state index contributed by atoms with van der Waals surface area (Å²) in [5, 5.41) is 13.8. The molecular formula is C15H19N3O. The number of benzene rings is 1. The van der Waals surface area contributed by atoms with Crippen molar-refractivity contribution >= 4 is 22.3 Å². The van der Waals surface area contributed by atoms with Gasteiger partial charge in [0.15, 0.2) is 0 Å². The summed E-state index contributed by atoms with van der Waals surface area (Å²) < 4.78 is 0. The highest BCUT2D eigenvalue weighted by Crippen LogP contribution is 2.32. The number of anilines is 2. The standard InChI is InChI=1S/C15H19N3O/c16-15-11-4-2-8-17-13(11)6-7-14(15)18-12-5-1-3-10(12)9-19/h2,4,6-8,10,12,18-19H,1,3,5,9,16H2. The van der Waals surface area contributed by atoms with Gasteiger partial charge >= 0.3 is 0 Å². The number of aliphatic hydroxyl groups is 1. The van der Waals surface area contributed by atoms with Gasteiger partial charge in [-0.2, -0.15) is 0 Å². The summed E-state index contributed by atoms with van der Waals surface area (Å²) in [6.07, 6.45) is 5.12. The van der Waals surface area contributed by atoms with Crippen LogP contribution >= 0.6 is 0 Å². The Morgan fingerprint density at radius 2 is 2.21 bits per heavy atom. The number of nitrogens with zero attached hydrogens (tertiary/aromatic N) is 1. The molecule has 2 atom stereocenters. The van der Waals surface area contributed by atoms with Crippen LogP contribution in [0.25, 0.3) is 10.9 Å². The number of nitrogen functional groups attached to an aromatic ring is 1. The number of rotatable bonds is 3. The van der Waals surface area contributed by atoms with Crippen molar-refractivity contribution < 1.29 is 5.11 Å². The molecule has 100 valence electrons. The van der Waals surface area contributed by atoms with E-state index in [2.05, 4.69) is 10.3 Å². The van der Waals surface area contributed by atoms with Crippen LogP contribution in [0.15, 0.2) is 30.5 Å². The van der Waals surface area contributed by atoms with E-state index >= 15 is 0 Å². The fourth-order valence-electron chi connectivity index (χ4n) is 2.95. The third-order valence-electron chi connectivity index (χ3n) is 4.06. The van der Waals surface area contributed by atoms with E-state index in [1.54, 1.807) is 6.20 Å². The van der Waals surface area contributed by atoms with Crippen molar-refractivity contribution in [3.63, 3.8) is 0 Å².